The predicted molar refractivity (Wildman–Crippen MR) is 217 cm³/mol. The first-order valence-corrected chi connectivity index (χ1v) is 19.2. The van der Waals surface area contributed by atoms with Crippen LogP contribution in [0, 0.1) is 17.0 Å². The van der Waals surface area contributed by atoms with Gasteiger partial charge in [0.05, 0.1) is 6.04 Å². The summed E-state index contributed by atoms with van der Waals surface area (Å²) in [6.07, 6.45) is 1.80. The zero-order valence-corrected chi connectivity index (χ0v) is 33.0. The van der Waals surface area contributed by atoms with Crippen LogP contribution in [0.2, 0.25) is 0 Å². The fourth-order valence-electron chi connectivity index (χ4n) is 7.41. The van der Waals surface area contributed by atoms with Gasteiger partial charge in [-0.1, -0.05) is 120 Å². The van der Waals surface area contributed by atoms with E-state index in [1.165, 1.54) is 11.3 Å². The van der Waals surface area contributed by atoms with E-state index in [1.54, 1.807) is 12.3 Å². The van der Waals surface area contributed by atoms with Gasteiger partial charge in [0.15, 0.2) is 0 Å². The number of fused-ring (bicyclic) bond motifs is 3. The van der Waals surface area contributed by atoms with Crippen LogP contribution in [0.3, 0.4) is 0 Å². The third-order valence-electron chi connectivity index (χ3n) is 9.83. The summed E-state index contributed by atoms with van der Waals surface area (Å²) in [5.74, 6) is -3.47. The number of hydrogen-bond donors (Lipinski definition) is 3. The lowest BCUT2D eigenvalue weighted by Crippen LogP contribution is -2.48. The number of carboxylic acids is 1. The highest BCUT2D eigenvalue weighted by molar-refractivity contribution is 5.82. The fraction of sp³-hybridized carbons (Fsp3) is 0.326. The molecule has 0 saturated carbocycles. The topological polar surface area (TPSA) is 121 Å². The Morgan fingerprint density at radius 2 is 1.46 bits per heavy atom. The van der Waals surface area contributed by atoms with E-state index in [9.17, 15) is 29.0 Å². The molecule has 1 aliphatic carbocycles. The van der Waals surface area contributed by atoms with Gasteiger partial charge in [-0.2, -0.15) is 0 Å². The number of halogens is 2. The van der Waals surface area contributed by atoms with E-state index in [0.717, 1.165) is 46.0 Å². The van der Waals surface area contributed by atoms with Crippen LogP contribution in [0.25, 0.3) is 22.3 Å². The first-order chi connectivity index (χ1) is 27.3. The van der Waals surface area contributed by atoms with Gasteiger partial charge in [-0.05, 0) is 63.9 Å². The minimum Gasteiger partial charge on any atom is -0.480 e. The highest BCUT2D eigenvalue weighted by Crippen LogP contribution is 2.45. The Balaban J connectivity index is 0.00000200. The number of aliphatic hydroxyl groups is 1. The van der Waals surface area contributed by atoms with Gasteiger partial charge < -0.3 is 29.7 Å². The number of nitrogens with zero attached hydrogens (tertiary/aromatic N) is 2. The molecule has 5 aromatic rings. The standard InChI is InChI=1S/C43H43F2N3O6.C3H8/c1-43(2,3)40(38-21-28(34-22-29(44)17-18-36(34)45)24-47(38)23-27-11-5-4-6-12-27)48(39(50)25-49)20-19-37(41(51)52)46-42(53)54-26-35-32-15-9-7-13-30(32)31-14-8-10-16-33(31)35;1-3-2/h4-18,21-22,24,35,37,40,49H,19-20,23,25-26H2,1-3H3,(H,46,53)(H,51,52);3H2,1-2H3. The maximum atomic E-state index is 15.1. The molecule has 0 aliphatic heterocycles. The van der Waals surface area contributed by atoms with E-state index in [2.05, 4.69) is 19.2 Å². The molecule has 2 amide bonds. The van der Waals surface area contributed by atoms with Gasteiger partial charge >= 0.3 is 12.1 Å². The van der Waals surface area contributed by atoms with Crippen molar-refractivity contribution >= 4 is 18.0 Å². The third-order valence-corrected chi connectivity index (χ3v) is 9.83. The summed E-state index contributed by atoms with van der Waals surface area (Å²) >= 11 is 0. The first kappa shape index (κ1) is 42.3. The van der Waals surface area contributed by atoms with E-state index >= 15 is 4.39 Å². The molecule has 0 bridgehead atoms. The van der Waals surface area contributed by atoms with E-state index in [-0.39, 0.29) is 31.1 Å². The van der Waals surface area contributed by atoms with Crippen LogP contribution in [0.4, 0.5) is 13.6 Å². The number of aliphatic hydroxyl groups excluding tert-OH is 1. The monoisotopic (exact) mass is 779 g/mol. The van der Waals surface area contributed by atoms with Crippen molar-refractivity contribution in [2.75, 3.05) is 19.8 Å². The molecule has 0 spiro atoms. The molecule has 3 N–H and O–H groups in total. The second-order valence-corrected chi connectivity index (χ2v) is 15.3. The van der Waals surface area contributed by atoms with Crippen LogP contribution < -0.4 is 5.32 Å². The zero-order valence-electron chi connectivity index (χ0n) is 33.0. The number of nitrogens with one attached hydrogen (secondary N) is 1. The Morgan fingerprint density at radius 3 is 2.04 bits per heavy atom. The molecular formula is C46H51F2N3O6. The number of benzene rings is 4. The molecule has 1 aliphatic rings. The summed E-state index contributed by atoms with van der Waals surface area (Å²) < 4.78 is 36.9. The molecule has 0 saturated heterocycles. The number of aromatic nitrogens is 1. The van der Waals surface area contributed by atoms with Crippen molar-refractivity contribution < 1.29 is 38.1 Å². The molecule has 57 heavy (non-hydrogen) atoms. The summed E-state index contributed by atoms with van der Waals surface area (Å²) in [5.41, 5.74) is 5.29. The van der Waals surface area contributed by atoms with Crippen molar-refractivity contribution in [1.82, 2.24) is 14.8 Å². The van der Waals surface area contributed by atoms with Crippen molar-refractivity contribution in [2.45, 2.75) is 72.0 Å². The lowest BCUT2D eigenvalue weighted by Gasteiger charge is -2.41. The molecule has 11 heteroatoms. The maximum Gasteiger partial charge on any atom is 0.407 e. The van der Waals surface area contributed by atoms with Crippen molar-refractivity contribution in [1.29, 1.82) is 0 Å². The third kappa shape index (κ3) is 10.1. The molecule has 9 nitrogen and oxygen atoms in total. The molecule has 6 rings (SSSR count). The molecule has 4 aromatic carbocycles. The van der Waals surface area contributed by atoms with Gasteiger partial charge in [0.1, 0.15) is 30.9 Å². The Labute approximate surface area is 332 Å². The fourth-order valence-corrected chi connectivity index (χ4v) is 7.41. The molecule has 0 fully saturated rings. The molecule has 300 valence electrons. The minimum atomic E-state index is -1.44. The van der Waals surface area contributed by atoms with Crippen LogP contribution in [0.1, 0.15) is 81.8 Å². The number of carbonyl (C=O) groups excluding carboxylic acids is 2. The van der Waals surface area contributed by atoms with E-state index in [0.29, 0.717) is 17.8 Å². The normalized spacial score (nSPS) is 13.1. The van der Waals surface area contributed by atoms with Crippen molar-refractivity contribution in [3.8, 4) is 22.3 Å². The highest BCUT2D eigenvalue weighted by atomic mass is 19.1. The predicted octanol–water partition coefficient (Wildman–Crippen LogP) is 9.19. The molecule has 1 aromatic heterocycles. The smallest absolute Gasteiger partial charge is 0.407 e. The summed E-state index contributed by atoms with van der Waals surface area (Å²) in [7, 11) is 0. The lowest BCUT2D eigenvalue weighted by atomic mass is 9.82. The number of hydrogen-bond acceptors (Lipinski definition) is 5. The average Bonchev–Trinajstić information content (AvgIpc) is 3.74. The summed E-state index contributed by atoms with van der Waals surface area (Å²) in [6, 6.07) is 27.9. The number of amides is 2. The number of ether oxygens (including phenoxy) is 1. The van der Waals surface area contributed by atoms with Crippen molar-refractivity contribution in [3.63, 3.8) is 0 Å². The van der Waals surface area contributed by atoms with E-state index in [4.69, 9.17) is 4.74 Å². The average molecular weight is 780 g/mol. The van der Waals surface area contributed by atoms with Crippen LogP contribution in [-0.2, 0) is 20.9 Å². The number of aliphatic carboxylic acids is 1. The van der Waals surface area contributed by atoms with Crippen LogP contribution in [0.15, 0.2) is 109 Å². The molecular weight excluding hydrogens is 729 g/mol. The Bertz CT molecular complexity index is 2120. The highest BCUT2D eigenvalue weighted by Gasteiger charge is 2.38. The molecule has 2 atom stereocenters. The summed E-state index contributed by atoms with van der Waals surface area (Å²) in [4.78, 5) is 40.6. The summed E-state index contributed by atoms with van der Waals surface area (Å²) in [5, 5.41) is 22.8. The van der Waals surface area contributed by atoms with E-state index < -0.39 is 53.7 Å². The van der Waals surface area contributed by atoms with Gasteiger partial charge in [-0.25, -0.2) is 18.4 Å². The number of carbonyl (C=O) groups is 3. The van der Waals surface area contributed by atoms with Gasteiger partial charge in [0, 0.05) is 42.0 Å². The molecule has 0 radical (unpaired) electrons. The molecule has 2 unspecified atom stereocenters. The number of carboxylic acid groups (broad SMARTS) is 1. The van der Waals surface area contributed by atoms with Crippen molar-refractivity contribution in [3.05, 3.63) is 143 Å². The number of rotatable bonds is 13. The minimum absolute atomic E-state index is 0.0138. The van der Waals surface area contributed by atoms with Crippen LogP contribution in [0.5, 0.6) is 0 Å². The Kier molecular flexibility index (Phi) is 14.0. The summed E-state index contributed by atoms with van der Waals surface area (Å²) in [6.45, 7) is 9.18. The first-order valence-electron chi connectivity index (χ1n) is 19.2. The van der Waals surface area contributed by atoms with E-state index in [1.807, 2.05) is 104 Å². The molecule has 1 heterocycles. The lowest BCUT2D eigenvalue weighted by molar-refractivity contribution is -0.143. The van der Waals surface area contributed by atoms with Gasteiger partial charge in [0.2, 0.25) is 5.91 Å². The van der Waals surface area contributed by atoms with Gasteiger partial charge in [0.25, 0.3) is 0 Å². The van der Waals surface area contributed by atoms with Crippen LogP contribution in [-0.4, -0.2) is 63.5 Å². The SMILES string of the molecule is CC(C)(C)C(c1cc(-c2cc(F)ccc2F)cn1Cc1ccccc1)N(CCC(NC(=O)OCC1c2ccccc2-c2ccccc21)C(=O)O)C(=O)CO.CCC. The second kappa shape index (κ2) is 18.9. The quantitative estimate of drug-likeness (QED) is 0.110. The number of alkyl carbamates (subject to hydrolysis) is 1. The zero-order chi connectivity index (χ0) is 41.3. The maximum absolute atomic E-state index is 15.1. The van der Waals surface area contributed by atoms with Gasteiger partial charge in [-0.15, -0.1) is 0 Å². The Hall–Kier alpha value is -5.81. The van der Waals surface area contributed by atoms with Gasteiger partial charge in [-0.3, -0.25) is 4.79 Å². The largest absolute Gasteiger partial charge is 0.480 e. The van der Waals surface area contributed by atoms with Crippen LogP contribution >= 0.6 is 0 Å². The second-order valence-electron chi connectivity index (χ2n) is 15.3. The van der Waals surface area contributed by atoms with Crippen molar-refractivity contribution in [2.24, 2.45) is 5.41 Å². The Morgan fingerprint density at radius 1 is 0.860 bits per heavy atom.